The van der Waals surface area contributed by atoms with Crippen LogP contribution in [0.15, 0.2) is 71.8 Å². The highest BCUT2D eigenvalue weighted by atomic mass is 19.4. The molecule has 0 aliphatic carbocycles. The van der Waals surface area contributed by atoms with Crippen LogP contribution in [0.2, 0.25) is 0 Å². The second-order valence-electron chi connectivity index (χ2n) is 9.75. The Morgan fingerprint density at radius 2 is 1.70 bits per heavy atom. The van der Waals surface area contributed by atoms with E-state index in [0.29, 0.717) is 36.3 Å². The summed E-state index contributed by atoms with van der Waals surface area (Å²) in [6.07, 6.45) is -1.81. The average Bonchev–Trinajstić information content (AvgIpc) is 3.22. The summed E-state index contributed by atoms with van der Waals surface area (Å²) in [5, 5.41) is 16.6. The fraction of sp³-hybridized carbons (Fsp3) is 0.296. The molecule has 4 aromatic rings. The number of pyridine rings is 1. The molecule has 10 heteroatoms. The van der Waals surface area contributed by atoms with E-state index in [0.717, 1.165) is 23.0 Å². The SMILES string of the molecule is CC(C)(C)N(CCCn1ncc2cc(-n3ccc(-c4ccc(C(F)(F)F)cc4)cc3=O)ccc21)C(=O)[O-]. The van der Waals surface area contributed by atoms with Crippen molar-refractivity contribution in [1.82, 2.24) is 19.2 Å². The van der Waals surface area contributed by atoms with Crippen molar-refractivity contribution in [3.05, 3.63) is 82.9 Å². The molecule has 0 N–H and O–H groups in total. The lowest BCUT2D eigenvalue weighted by Gasteiger charge is -2.37. The third-order valence-corrected chi connectivity index (χ3v) is 6.15. The van der Waals surface area contributed by atoms with Crippen molar-refractivity contribution >= 4 is 17.0 Å². The van der Waals surface area contributed by atoms with Gasteiger partial charge in [-0.25, -0.2) is 0 Å². The van der Waals surface area contributed by atoms with Gasteiger partial charge in [0.2, 0.25) is 0 Å². The van der Waals surface area contributed by atoms with Crippen molar-refractivity contribution in [1.29, 1.82) is 0 Å². The number of benzene rings is 2. The molecule has 37 heavy (non-hydrogen) atoms. The first-order valence-electron chi connectivity index (χ1n) is 11.7. The lowest BCUT2D eigenvalue weighted by Crippen LogP contribution is -2.52. The summed E-state index contributed by atoms with van der Waals surface area (Å²) in [6, 6.07) is 13.2. The Morgan fingerprint density at radius 3 is 2.30 bits per heavy atom. The maximum absolute atomic E-state index is 12.8. The van der Waals surface area contributed by atoms with Crippen LogP contribution < -0.4 is 10.7 Å². The van der Waals surface area contributed by atoms with Crippen molar-refractivity contribution in [3.8, 4) is 16.8 Å². The molecule has 0 fully saturated rings. The van der Waals surface area contributed by atoms with E-state index in [2.05, 4.69) is 5.10 Å². The van der Waals surface area contributed by atoms with Crippen LogP contribution in [0.4, 0.5) is 18.0 Å². The maximum atomic E-state index is 12.8. The van der Waals surface area contributed by atoms with Crippen LogP contribution in [0.5, 0.6) is 0 Å². The minimum Gasteiger partial charge on any atom is -0.530 e. The Labute approximate surface area is 211 Å². The zero-order valence-electron chi connectivity index (χ0n) is 20.6. The highest BCUT2D eigenvalue weighted by molar-refractivity contribution is 5.81. The number of aromatic nitrogens is 3. The molecule has 0 radical (unpaired) electrons. The number of halogens is 3. The molecule has 4 rings (SSSR count). The lowest BCUT2D eigenvalue weighted by molar-refractivity contribution is -0.270. The van der Waals surface area contributed by atoms with Gasteiger partial charge in [-0.1, -0.05) is 12.1 Å². The second-order valence-corrected chi connectivity index (χ2v) is 9.75. The highest BCUT2D eigenvalue weighted by Crippen LogP contribution is 2.31. The van der Waals surface area contributed by atoms with Gasteiger partial charge in [0, 0.05) is 42.0 Å². The molecular weight excluding hydrogens is 485 g/mol. The fourth-order valence-corrected chi connectivity index (χ4v) is 4.21. The van der Waals surface area contributed by atoms with E-state index in [1.54, 1.807) is 29.2 Å². The molecule has 0 saturated carbocycles. The number of aryl methyl sites for hydroxylation is 1. The first-order valence-corrected chi connectivity index (χ1v) is 11.7. The molecule has 7 nitrogen and oxygen atoms in total. The van der Waals surface area contributed by atoms with Crippen LogP contribution in [0.1, 0.15) is 32.8 Å². The Hall–Kier alpha value is -4.08. The molecule has 2 aromatic carbocycles. The summed E-state index contributed by atoms with van der Waals surface area (Å²) in [5.41, 5.74) is 0.857. The number of rotatable bonds is 6. The lowest BCUT2D eigenvalue weighted by atomic mass is 10.0. The van der Waals surface area contributed by atoms with Crippen LogP contribution in [0.25, 0.3) is 27.7 Å². The number of fused-ring (bicyclic) bond motifs is 1. The van der Waals surface area contributed by atoms with Crippen molar-refractivity contribution < 1.29 is 23.1 Å². The number of carboxylic acid groups (broad SMARTS) is 1. The first kappa shape index (κ1) is 26.0. The van der Waals surface area contributed by atoms with Crippen LogP contribution in [0, 0.1) is 0 Å². The predicted molar refractivity (Wildman–Crippen MR) is 132 cm³/mol. The summed E-state index contributed by atoms with van der Waals surface area (Å²) < 4.78 is 41.7. The van der Waals surface area contributed by atoms with Gasteiger partial charge in [0.1, 0.15) is 6.09 Å². The standard InChI is InChI=1S/C27H27F3N4O3/c1-26(2,3)33(25(36)37)12-4-13-34-23-10-9-22(15-20(23)17-31-34)32-14-11-19(16-24(32)35)18-5-7-21(8-6-18)27(28,29)30/h5-11,14-17H,4,12-13H2,1-3H3,(H,36,37)/p-1. The second kappa shape index (κ2) is 9.76. The van der Waals surface area contributed by atoms with E-state index >= 15 is 0 Å². The van der Waals surface area contributed by atoms with E-state index in [1.807, 2.05) is 32.9 Å². The summed E-state index contributed by atoms with van der Waals surface area (Å²) in [5.74, 6) is 0. The monoisotopic (exact) mass is 511 g/mol. The van der Waals surface area contributed by atoms with E-state index < -0.39 is 23.4 Å². The molecule has 0 spiro atoms. The van der Waals surface area contributed by atoms with E-state index in [-0.39, 0.29) is 5.56 Å². The quantitative estimate of drug-likeness (QED) is 0.376. The smallest absolute Gasteiger partial charge is 0.416 e. The zero-order chi connectivity index (χ0) is 27.0. The van der Waals surface area contributed by atoms with Gasteiger partial charge in [0.15, 0.2) is 0 Å². The minimum absolute atomic E-state index is 0.311. The van der Waals surface area contributed by atoms with Gasteiger partial charge in [0.25, 0.3) is 5.56 Å². The molecule has 194 valence electrons. The van der Waals surface area contributed by atoms with Crippen molar-refractivity contribution in [2.24, 2.45) is 0 Å². The largest absolute Gasteiger partial charge is 0.530 e. The van der Waals surface area contributed by atoms with E-state index in [4.69, 9.17) is 0 Å². The normalized spacial score (nSPS) is 12.2. The molecule has 0 unspecified atom stereocenters. The van der Waals surface area contributed by atoms with Crippen molar-refractivity contribution in [2.75, 3.05) is 6.54 Å². The number of carbonyl (C=O) groups is 1. The third kappa shape index (κ3) is 5.68. The van der Waals surface area contributed by atoms with Crippen LogP contribution in [-0.4, -0.2) is 37.4 Å². The Morgan fingerprint density at radius 1 is 1.00 bits per heavy atom. The number of amides is 1. The maximum Gasteiger partial charge on any atom is 0.416 e. The molecular formula is C27H26F3N4O3-. The summed E-state index contributed by atoms with van der Waals surface area (Å²) >= 11 is 0. The van der Waals surface area contributed by atoms with Crippen molar-refractivity contribution in [3.63, 3.8) is 0 Å². The molecule has 0 aliphatic rings. The predicted octanol–water partition coefficient (Wildman–Crippen LogP) is 4.71. The van der Waals surface area contributed by atoms with Crippen LogP contribution in [-0.2, 0) is 12.7 Å². The highest BCUT2D eigenvalue weighted by Gasteiger charge is 2.30. The van der Waals surface area contributed by atoms with Crippen LogP contribution >= 0.6 is 0 Å². The van der Waals surface area contributed by atoms with Gasteiger partial charge < -0.3 is 14.8 Å². The van der Waals surface area contributed by atoms with Gasteiger partial charge in [-0.3, -0.25) is 14.0 Å². The summed E-state index contributed by atoms with van der Waals surface area (Å²) in [7, 11) is 0. The molecule has 0 saturated heterocycles. The summed E-state index contributed by atoms with van der Waals surface area (Å²) in [4.78, 5) is 25.5. The van der Waals surface area contributed by atoms with Gasteiger partial charge in [-0.2, -0.15) is 18.3 Å². The number of alkyl halides is 3. The van der Waals surface area contributed by atoms with Gasteiger partial charge in [-0.05, 0) is 74.7 Å². The fourth-order valence-electron chi connectivity index (χ4n) is 4.21. The van der Waals surface area contributed by atoms with Crippen molar-refractivity contribution in [2.45, 2.75) is 45.5 Å². The number of carbonyl (C=O) groups excluding carboxylic acids is 1. The number of nitrogens with zero attached hydrogens (tertiary/aromatic N) is 4. The topological polar surface area (TPSA) is 83.2 Å². The molecule has 0 aliphatic heterocycles. The minimum atomic E-state index is -4.42. The number of hydrogen-bond acceptors (Lipinski definition) is 4. The molecule has 0 bridgehead atoms. The molecule has 1 amide bonds. The Balaban J connectivity index is 1.51. The first-order chi connectivity index (χ1) is 17.3. The molecule has 2 aromatic heterocycles. The van der Waals surface area contributed by atoms with Crippen LogP contribution in [0.3, 0.4) is 0 Å². The van der Waals surface area contributed by atoms with Gasteiger partial charge in [0.05, 0.1) is 17.3 Å². The average molecular weight is 512 g/mol. The third-order valence-electron chi connectivity index (χ3n) is 6.15. The van der Waals surface area contributed by atoms with Gasteiger partial charge >= 0.3 is 6.18 Å². The summed E-state index contributed by atoms with van der Waals surface area (Å²) in [6.45, 7) is 6.25. The Kier molecular flexibility index (Phi) is 6.86. The zero-order valence-corrected chi connectivity index (χ0v) is 20.6. The Bertz CT molecular complexity index is 1480. The molecule has 0 atom stereocenters. The van der Waals surface area contributed by atoms with E-state index in [9.17, 15) is 27.9 Å². The van der Waals surface area contributed by atoms with E-state index in [1.165, 1.54) is 27.7 Å². The molecule has 2 heterocycles. The van der Waals surface area contributed by atoms with Gasteiger partial charge in [-0.15, -0.1) is 0 Å². The number of hydrogen-bond donors (Lipinski definition) is 0.